The van der Waals surface area contributed by atoms with Crippen LogP contribution < -0.4 is 5.43 Å². The molecule has 0 saturated heterocycles. The summed E-state index contributed by atoms with van der Waals surface area (Å²) in [4.78, 5) is 12.3. The first-order valence-corrected chi connectivity index (χ1v) is 8.89. The van der Waals surface area contributed by atoms with Crippen molar-refractivity contribution in [2.75, 3.05) is 0 Å². The van der Waals surface area contributed by atoms with Crippen LogP contribution in [-0.2, 0) is 0 Å². The van der Waals surface area contributed by atoms with Gasteiger partial charge in [-0.15, -0.1) is 0 Å². The number of halogens is 1. The largest absolute Gasteiger partial charge is 0.507 e. The smallest absolute Gasteiger partial charge is 0.275 e. The number of amides is 1. The topological polar surface area (TPSA) is 74.8 Å². The van der Waals surface area contributed by atoms with Crippen molar-refractivity contribution in [1.82, 2.24) is 5.43 Å². The van der Waals surface area contributed by atoms with Crippen LogP contribution in [0.25, 0.3) is 22.1 Å². The maximum Gasteiger partial charge on any atom is 0.275 e. The Kier molecular flexibility index (Phi) is 4.83. The third-order valence-corrected chi connectivity index (χ3v) is 4.47. The molecule has 5 nitrogen and oxygen atoms in total. The van der Waals surface area contributed by atoms with Gasteiger partial charge in [0.05, 0.1) is 11.8 Å². The maximum atomic E-state index is 12.3. The van der Waals surface area contributed by atoms with Crippen LogP contribution in [0.3, 0.4) is 0 Å². The van der Waals surface area contributed by atoms with E-state index >= 15 is 0 Å². The van der Waals surface area contributed by atoms with Gasteiger partial charge in [-0.3, -0.25) is 4.79 Å². The molecule has 0 bridgehead atoms. The number of hydrogen-bond acceptors (Lipinski definition) is 4. The summed E-state index contributed by atoms with van der Waals surface area (Å²) in [5.41, 5.74) is 3.44. The van der Waals surface area contributed by atoms with Crippen LogP contribution >= 0.6 is 11.6 Å². The van der Waals surface area contributed by atoms with Crippen LogP contribution in [-0.4, -0.2) is 17.2 Å². The van der Waals surface area contributed by atoms with Gasteiger partial charge in [0.1, 0.15) is 17.3 Å². The number of phenols is 1. The van der Waals surface area contributed by atoms with Crippen molar-refractivity contribution in [1.29, 1.82) is 0 Å². The Morgan fingerprint density at radius 3 is 2.46 bits per heavy atom. The zero-order chi connectivity index (χ0) is 19.5. The van der Waals surface area contributed by atoms with Crippen molar-refractivity contribution >= 4 is 34.5 Å². The molecule has 6 heteroatoms. The molecule has 0 aliphatic heterocycles. The van der Waals surface area contributed by atoms with Gasteiger partial charge in [0.15, 0.2) is 0 Å². The van der Waals surface area contributed by atoms with Gasteiger partial charge in [0, 0.05) is 10.6 Å². The number of benzene rings is 3. The molecule has 0 unspecified atom stereocenters. The number of nitrogens with zero attached hydrogens (tertiary/aromatic N) is 1. The fourth-order valence-corrected chi connectivity index (χ4v) is 2.94. The molecule has 0 atom stereocenters. The highest BCUT2D eigenvalue weighted by Crippen LogP contribution is 2.25. The number of fused-ring (bicyclic) bond motifs is 1. The molecule has 1 heterocycles. The normalized spacial score (nSPS) is 11.2. The van der Waals surface area contributed by atoms with E-state index in [1.807, 2.05) is 42.5 Å². The van der Waals surface area contributed by atoms with Gasteiger partial charge in [0.25, 0.3) is 5.91 Å². The molecule has 0 radical (unpaired) electrons. The minimum atomic E-state index is -0.510. The molecular weight excluding hydrogens is 376 g/mol. The Bertz CT molecular complexity index is 1180. The number of aromatic hydroxyl groups is 1. The average Bonchev–Trinajstić information content (AvgIpc) is 3.17. The van der Waals surface area contributed by atoms with E-state index in [4.69, 9.17) is 16.0 Å². The van der Waals surface area contributed by atoms with E-state index < -0.39 is 5.91 Å². The molecule has 0 aliphatic carbocycles. The SMILES string of the molecule is O=C(NN=Cc1ccc(-c2ccc(Cl)cc2)o1)c1cc2ccccc2cc1O. The third kappa shape index (κ3) is 3.75. The fourth-order valence-electron chi connectivity index (χ4n) is 2.82. The quantitative estimate of drug-likeness (QED) is 0.370. The second-order valence-electron chi connectivity index (χ2n) is 6.12. The molecule has 28 heavy (non-hydrogen) atoms. The average molecular weight is 391 g/mol. The van der Waals surface area contributed by atoms with E-state index in [0.717, 1.165) is 16.3 Å². The van der Waals surface area contributed by atoms with E-state index in [0.29, 0.717) is 16.5 Å². The minimum Gasteiger partial charge on any atom is -0.507 e. The second kappa shape index (κ2) is 7.58. The predicted octanol–water partition coefficient (Wildman–Crippen LogP) is 5.22. The predicted molar refractivity (Wildman–Crippen MR) is 110 cm³/mol. The van der Waals surface area contributed by atoms with Crippen molar-refractivity contribution in [3.63, 3.8) is 0 Å². The summed E-state index contributed by atoms with van der Waals surface area (Å²) in [6, 6.07) is 21.5. The van der Waals surface area contributed by atoms with Gasteiger partial charge < -0.3 is 9.52 Å². The van der Waals surface area contributed by atoms with Crippen molar-refractivity contribution < 1.29 is 14.3 Å². The summed E-state index contributed by atoms with van der Waals surface area (Å²) in [6.07, 6.45) is 1.40. The summed E-state index contributed by atoms with van der Waals surface area (Å²) in [5, 5.41) is 16.4. The summed E-state index contributed by atoms with van der Waals surface area (Å²) < 4.78 is 5.69. The highest BCUT2D eigenvalue weighted by Gasteiger charge is 2.12. The molecule has 0 spiro atoms. The minimum absolute atomic E-state index is 0.102. The van der Waals surface area contributed by atoms with E-state index in [9.17, 15) is 9.90 Å². The molecule has 1 amide bonds. The Labute approximate surface area is 165 Å². The number of carbonyl (C=O) groups is 1. The second-order valence-corrected chi connectivity index (χ2v) is 6.56. The molecule has 4 aromatic rings. The first-order valence-electron chi connectivity index (χ1n) is 8.51. The molecule has 3 aromatic carbocycles. The maximum absolute atomic E-state index is 12.3. The Hall–Kier alpha value is -3.57. The number of phenolic OH excluding ortho intramolecular Hbond substituents is 1. The van der Waals surface area contributed by atoms with Crippen LogP contribution in [0.5, 0.6) is 5.75 Å². The number of hydrazone groups is 1. The molecule has 0 saturated carbocycles. The lowest BCUT2D eigenvalue weighted by Gasteiger charge is -2.05. The lowest BCUT2D eigenvalue weighted by Crippen LogP contribution is -2.17. The summed E-state index contributed by atoms with van der Waals surface area (Å²) in [5.74, 6) is 0.531. The summed E-state index contributed by atoms with van der Waals surface area (Å²) in [7, 11) is 0. The third-order valence-electron chi connectivity index (χ3n) is 4.22. The first kappa shape index (κ1) is 17.8. The van der Waals surface area contributed by atoms with Gasteiger partial charge in [-0.25, -0.2) is 5.43 Å². The molecular formula is C22H15ClN2O3. The fraction of sp³-hybridized carbons (Fsp3) is 0. The van der Waals surface area contributed by atoms with E-state index in [2.05, 4.69) is 10.5 Å². The molecule has 0 aliphatic rings. The standard InChI is InChI=1S/C22H15ClN2O3/c23-17-7-5-14(6-8-17)21-10-9-18(28-21)13-24-25-22(27)19-11-15-3-1-2-4-16(15)12-20(19)26/h1-13,26H,(H,25,27). The molecule has 0 fully saturated rings. The zero-order valence-electron chi connectivity index (χ0n) is 14.6. The highest BCUT2D eigenvalue weighted by molar-refractivity contribution is 6.30. The van der Waals surface area contributed by atoms with Crippen molar-refractivity contribution in [2.24, 2.45) is 5.10 Å². The van der Waals surface area contributed by atoms with Gasteiger partial charge in [-0.1, -0.05) is 35.9 Å². The number of carbonyl (C=O) groups excluding carboxylic acids is 1. The van der Waals surface area contributed by atoms with Crippen molar-refractivity contribution in [3.8, 4) is 17.1 Å². The lowest BCUT2D eigenvalue weighted by atomic mass is 10.1. The molecule has 2 N–H and O–H groups in total. The van der Waals surface area contributed by atoms with Crippen LogP contribution in [0.1, 0.15) is 16.1 Å². The summed E-state index contributed by atoms with van der Waals surface area (Å²) >= 11 is 5.89. The number of rotatable bonds is 4. The lowest BCUT2D eigenvalue weighted by molar-refractivity contribution is 0.0952. The number of hydrogen-bond donors (Lipinski definition) is 2. The van der Waals surface area contributed by atoms with Crippen LogP contribution in [0.4, 0.5) is 0 Å². The monoisotopic (exact) mass is 390 g/mol. The number of nitrogens with one attached hydrogen (secondary N) is 1. The molecule has 4 rings (SSSR count). The van der Waals surface area contributed by atoms with Gasteiger partial charge in [0.2, 0.25) is 0 Å². The van der Waals surface area contributed by atoms with Crippen molar-refractivity contribution in [2.45, 2.75) is 0 Å². The zero-order valence-corrected chi connectivity index (χ0v) is 15.4. The Balaban J connectivity index is 1.47. The molecule has 138 valence electrons. The van der Waals surface area contributed by atoms with E-state index in [-0.39, 0.29) is 11.3 Å². The van der Waals surface area contributed by atoms with E-state index in [1.54, 1.807) is 30.3 Å². The van der Waals surface area contributed by atoms with Gasteiger partial charge in [-0.05, 0) is 59.3 Å². The van der Waals surface area contributed by atoms with Crippen molar-refractivity contribution in [3.05, 3.63) is 89.1 Å². The van der Waals surface area contributed by atoms with Crippen LogP contribution in [0, 0.1) is 0 Å². The van der Waals surface area contributed by atoms with Crippen LogP contribution in [0.15, 0.2) is 82.3 Å². The number of furan rings is 1. The highest BCUT2D eigenvalue weighted by atomic mass is 35.5. The summed E-state index contributed by atoms with van der Waals surface area (Å²) in [6.45, 7) is 0. The van der Waals surface area contributed by atoms with Crippen LogP contribution in [0.2, 0.25) is 5.02 Å². The first-order chi connectivity index (χ1) is 13.6. The van der Waals surface area contributed by atoms with E-state index in [1.165, 1.54) is 6.21 Å². The molecule has 1 aromatic heterocycles. The Morgan fingerprint density at radius 1 is 1.00 bits per heavy atom. The van der Waals surface area contributed by atoms with Gasteiger partial charge in [-0.2, -0.15) is 5.10 Å². The van der Waals surface area contributed by atoms with Gasteiger partial charge >= 0.3 is 0 Å². The Morgan fingerprint density at radius 2 is 1.71 bits per heavy atom.